The third-order valence-corrected chi connectivity index (χ3v) is 5.45. The van der Waals surface area contributed by atoms with Crippen molar-refractivity contribution in [1.82, 2.24) is 25.2 Å². The molecular weight excluding hydrogens is 378 g/mol. The highest BCUT2D eigenvalue weighted by molar-refractivity contribution is 6.38. The second-order valence-electron chi connectivity index (χ2n) is 6.80. The molecule has 2 N–H and O–H groups in total. The third kappa shape index (κ3) is 3.87. The molecule has 2 aromatic heterocycles. The number of nitrogens with zero attached hydrogens (tertiary/aromatic N) is 3. The fraction of sp³-hybridized carbons (Fsp3) is 0.350. The van der Waals surface area contributed by atoms with E-state index in [1.807, 2.05) is 37.6 Å². The minimum atomic E-state index is -0.195. The molecule has 1 amide bonds. The van der Waals surface area contributed by atoms with Crippen LogP contribution in [0.5, 0.6) is 0 Å². The minimum absolute atomic E-state index is 0.0248. The largest absolute Gasteiger partial charge is 0.379 e. The first-order valence-electron chi connectivity index (χ1n) is 9.27. The fourth-order valence-electron chi connectivity index (χ4n) is 3.48. The van der Waals surface area contributed by atoms with Crippen LogP contribution in [0.1, 0.15) is 27.8 Å². The van der Waals surface area contributed by atoms with Gasteiger partial charge in [-0.15, -0.1) is 0 Å². The maximum Gasteiger partial charge on any atom is 0.252 e. The number of H-pyrrole nitrogens is 1. The van der Waals surface area contributed by atoms with Crippen molar-refractivity contribution >= 4 is 28.4 Å². The van der Waals surface area contributed by atoms with Gasteiger partial charge in [0.1, 0.15) is 5.82 Å². The average Bonchev–Trinajstić information content (AvgIpc) is 3.20. The van der Waals surface area contributed by atoms with Gasteiger partial charge in [0, 0.05) is 54.7 Å². The molecule has 0 radical (unpaired) electrons. The Morgan fingerprint density at radius 2 is 2.04 bits per heavy atom. The monoisotopic (exact) mass is 399 g/mol. The van der Waals surface area contributed by atoms with Crippen LogP contribution in [0, 0.1) is 6.92 Å². The lowest BCUT2D eigenvalue weighted by Crippen LogP contribution is -2.44. The summed E-state index contributed by atoms with van der Waals surface area (Å²) in [5.41, 5.74) is 2.35. The number of halogens is 1. The number of amides is 1. The van der Waals surface area contributed by atoms with E-state index >= 15 is 0 Å². The molecule has 28 heavy (non-hydrogen) atoms. The molecule has 1 saturated heterocycles. The van der Waals surface area contributed by atoms with Gasteiger partial charge in [-0.05, 0) is 25.1 Å². The van der Waals surface area contributed by atoms with E-state index in [9.17, 15) is 4.79 Å². The predicted octanol–water partition coefficient (Wildman–Crippen LogP) is 2.72. The highest BCUT2D eigenvalue weighted by Crippen LogP contribution is 2.27. The fourth-order valence-corrected chi connectivity index (χ4v) is 3.79. The molecule has 1 aromatic carbocycles. The van der Waals surface area contributed by atoms with E-state index in [1.54, 1.807) is 6.07 Å². The first kappa shape index (κ1) is 18.9. The molecule has 4 rings (SSSR count). The molecule has 8 heteroatoms. The summed E-state index contributed by atoms with van der Waals surface area (Å²) in [7, 11) is 0. The van der Waals surface area contributed by atoms with Crippen molar-refractivity contribution in [2.75, 3.05) is 32.8 Å². The number of ether oxygens (including phenoxy) is 1. The first-order valence-corrected chi connectivity index (χ1v) is 9.65. The van der Waals surface area contributed by atoms with E-state index in [-0.39, 0.29) is 11.9 Å². The zero-order chi connectivity index (χ0) is 19.5. The molecule has 0 spiro atoms. The number of carbonyl (C=O) groups is 1. The van der Waals surface area contributed by atoms with Crippen molar-refractivity contribution in [3.63, 3.8) is 0 Å². The van der Waals surface area contributed by atoms with Crippen LogP contribution >= 0.6 is 11.6 Å². The summed E-state index contributed by atoms with van der Waals surface area (Å²) in [6, 6.07) is 5.45. The third-order valence-electron chi connectivity index (χ3n) is 5.04. The molecule has 3 heterocycles. The number of aromatic amines is 1. The smallest absolute Gasteiger partial charge is 0.252 e. The number of hydrogen-bond donors (Lipinski definition) is 2. The van der Waals surface area contributed by atoms with Gasteiger partial charge in [0.05, 0.1) is 29.8 Å². The number of benzene rings is 1. The topological polar surface area (TPSA) is 83.1 Å². The Labute approximate surface area is 168 Å². The van der Waals surface area contributed by atoms with Crippen LogP contribution in [0.3, 0.4) is 0 Å². The number of morpholine rings is 1. The SMILES string of the molecule is Cc1ncc([C@H](CNC(=O)c2ccc3[nH]ccc3c2Cl)N2CCOCC2)cn1. The highest BCUT2D eigenvalue weighted by Gasteiger charge is 2.24. The van der Waals surface area contributed by atoms with E-state index in [4.69, 9.17) is 16.3 Å². The van der Waals surface area contributed by atoms with Crippen LogP contribution in [-0.2, 0) is 4.74 Å². The Bertz CT molecular complexity index is 966. The second kappa shape index (κ2) is 8.26. The summed E-state index contributed by atoms with van der Waals surface area (Å²) in [6.07, 6.45) is 5.46. The molecule has 7 nitrogen and oxygen atoms in total. The summed E-state index contributed by atoms with van der Waals surface area (Å²) < 4.78 is 5.47. The molecule has 1 atom stereocenters. The quantitative estimate of drug-likeness (QED) is 0.689. The predicted molar refractivity (Wildman–Crippen MR) is 108 cm³/mol. The summed E-state index contributed by atoms with van der Waals surface area (Å²) in [5.74, 6) is 0.527. The van der Waals surface area contributed by atoms with Crippen molar-refractivity contribution in [2.24, 2.45) is 0 Å². The summed E-state index contributed by atoms with van der Waals surface area (Å²) in [5, 5.41) is 4.33. The van der Waals surface area contributed by atoms with Crippen LogP contribution < -0.4 is 5.32 Å². The Hall–Kier alpha value is -2.48. The van der Waals surface area contributed by atoms with Gasteiger partial charge in [-0.25, -0.2) is 9.97 Å². The number of aryl methyl sites for hydroxylation is 1. The molecule has 0 bridgehead atoms. The van der Waals surface area contributed by atoms with Gasteiger partial charge in [-0.2, -0.15) is 0 Å². The van der Waals surface area contributed by atoms with Crippen molar-refractivity contribution in [2.45, 2.75) is 13.0 Å². The van der Waals surface area contributed by atoms with Crippen LogP contribution in [0.25, 0.3) is 10.9 Å². The Kier molecular flexibility index (Phi) is 5.57. The number of fused-ring (bicyclic) bond motifs is 1. The molecule has 0 unspecified atom stereocenters. The van der Waals surface area contributed by atoms with Crippen molar-refractivity contribution < 1.29 is 9.53 Å². The number of carbonyl (C=O) groups excluding carboxylic acids is 1. The van der Waals surface area contributed by atoms with Gasteiger partial charge < -0.3 is 15.0 Å². The maximum absolute atomic E-state index is 12.8. The zero-order valence-corrected chi connectivity index (χ0v) is 16.4. The number of aromatic nitrogens is 3. The Balaban J connectivity index is 1.53. The van der Waals surface area contributed by atoms with E-state index < -0.39 is 0 Å². The van der Waals surface area contributed by atoms with E-state index in [0.29, 0.717) is 30.3 Å². The lowest BCUT2D eigenvalue weighted by atomic mass is 10.1. The van der Waals surface area contributed by atoms with Gasteiger partial charge in [-0.3, -0.25) is 9.69 Å². The molecule has 1 aliphatic rings. The molecule has 0 aliphatic carbocycles. The highest BCUT2D eigenvalue weighted by atomic mass is 35.5. The number of rotatable bonds is 5. The zero-order valence-electron chi connectivity index (χ0n) is 15.6. The first-order chi connectivity index (χ1) is 13.6. The van der Waals surface area contributed by atoms with E-state index in [2.05, 4.69) is 25.2 Å². The number of hydrogen-bond acceptors (Lipinski definition) is 5. The molecule has 1 aliphatic heterocycles. The molecular formula is C20H22ClN5O2. The normalized spacial score (nSPS) is 16.2. The van der Waals surface area contributed by atoms with Gasteiger partial charge in [-0.1, -0.05) is 11.6 Å². The molecule has 0 saturated carbocycles. The molecule has 3 aromatic rings. The van der Waals surface area contributed by atoms with Gasteiger partial charge >= 0.3 is 0 Å². The summed E-state index contributed by atoms with van der Waals surface area (Å²) in [4.78, 5) is 26.8. The Morgan fingerprint density at radius 3 is 2.79 bits per heavy atom. The minimum Gasteiger partial charge on any atom is -0.379 e. The second-order valence-corrected chi connectivity index (χ2v) is 7.18. The van der Waals surface area contributed by atoms with Crippen LogP contribution in [0.4, 0.5) is 0 Å². The average molecular weight is 400 g/mol. The van der Waals surface area contributed by atoms with Crippen molar-refractivity contribution in [1.29, 1.82) is 0 Å². The molecule has 1 fully saturated rings. The van der Waals surface area contributed by atoms with Crippen molar-refractivity contribution in [3.05, 3.63) is 58.8 Å². The number of nitrogens with one attached hydrogen (secondary N) is 2. The van der Waals surface area contributed by atoms with Gasteiger partial charge in [0.15, 0.2) is 0 Å². The maximum atomic E-state index is 12.8. The van der Waals surface area contributed by atoms with Gasteiger partial charge in [0.25, 0.3) is 5.91 Å². The van der Waals surface area contributed by atoms with Crippen LogP contribution in [-0.4, -0.2) is 58.6 Å². The van der Waals surface area contributed by atoms with Gasteiger partial charge in [0.2, 0.25) is 0 Å². The van der Waals surface area contributed by atoms with Crippen molar-refractivity contribution in [3.8, 4) is 0 Å². The lowest BCUT2D eigenvalue weighted by molar-refractivity contribution is 0.0161. The Morgan fingerprint density at radius 1 is 1.29 bits per heavy atom. The summed E-state index contributed by atoms with van der Waals surface area (Å²) in [6.45, 7) is 5.23. The lowest BCUT2D eigenvalue weighted by Gasteiger charge is -2.34. The van der Waals surface area contributed by atoms with E-state index in [0.717, 1.165) is 35.4 Å². The van der Waals surface area contributed by atoms with E-state index in [1.165, 1.54) is 0 Å². The van der Waals surface area contributed by atoms with Crippen LogP contribution in [0.2, 0.25) is 5.02 Å². The van der Waals surface area contributed by atoms with Crippen LogP contribution in [0.15, 0.2) is 36.8 Å². The molecule has 146 valence electrons. The standard InChI is InChI=1S/C20H22ClN5O2/c1-13-23-10-14(11-24-13)18(26-6-8-28-9-7-26)12-25-20(27)16-2-3-17-15(19(16)21)4-5-22-17/h2-5,10-11,18,22H,6-9,12H2,1H3,(H,25,27)/t18-/m0/s1. The summed E-state index contributed by atoms with van der Waals surface area (Å²) >= 11 is 6.45.